The van der Waals surface area contributed by atoms with Crippen LogP contribution in [0.15, 0.2) is 18.2 Å². The van der Waals surface area contributed by atoms with E-state index in [1.54, 1.807) is 0 Å². The third-order valence-electron chi connectivity index (χ3n) is 3.65. The van der Waals surface area contributed by atoms with Gasteiger partial charge in [-0.05, 0) is 42.5 Å². The van der Waals surface area contributed by atoms with Crippen molar-refractivity contribution >= 4 is 33.5 Å². The third-order valence-corrected chi connectivity index (χ3v) is 4.95. The van der Waals surface area contributed by atoms with Gasteiger partial charge in [0.2, 0.25) is 0 Å². The van der Waals surface area contributed by atoms with Crippen LogP contribution in [0.25, 0.3) is 0 Å². The molecule has 1 saturated heterocycles. The molecule has 1 aliphatic carbocycles. The first-order chi connectivity index (χ1) is 8.12. The van der Waals surface area contributed by atoms with Gasteiger partial charge in [0.05, 0.1) is 4.83 Å². The summed E-state index contributed by atoms with van der Waals surface area (Å²) in [5.74, 6) is -0.0940. The lowest BCUT2D eigenvalue weighted by Crippen LogP contribution is -2.40. The fourth-order valence-corrected chi connectivity index (χ4v) is 3.99. The van der Waals surface area contributed by atoms with Gasteiger partial charge in [-0.3, -0.25) is 4.79 Å². The average Bonchev–Trinajstić information content (AvgIpc) is 2.51. The van der Waals surface area contributed by atoms with Crippen molar-refractivity contribution in [2.24, 2.45) is 0 Å². The van der Waals surface area contributed by atoms with Crippen LogP contribution in [-0.2, 0) is 21.6 Å². The number of ether oxygens (including phenoxy) is 1. The molecular weight excluding hydrogens is 303 g/mol. The first kappa shape index (κ1) is 11.5. The lowest BCUT2D eigenvalue weighted by Gasteiger charge is -2.36. The predicted molar refractivity (Wildman–Crippen MR) is 69.5 cm³/mol. The van der Waals surface area contributed by atoms with Gasteiger partial charge in [-0.15, -0.1) is 0 Å². The fraction of sp³-hybridized carbons (Fsp3) is 0.462. The lowest BCUT2D eigenvalue weighted by molar-refractivity contribution is -0.167. The Kier molecular flexibility index (Phi) is 2.71. The van der Waals surface area contributed by atoms with Crippen LogP contribution >= 0.6 is 27.5 Å². The Hall–Kier alpha value is -0.540. The van der Waals surface area contributed by atoms with Crippen LogP contribution in [0.5, 0.6) is 0 Å². The van der Waals surface area contributed by atoms with Crippen LogP contribution in [0.4, 0.5) is 0 Å². The van der Waals surface area contributed by atoms with E-state index in [0.717, 1.165) is 29.8 Å². The number of rotatable bonds is 0. The van der Waals surface area contributed by atoms with Crippen LogP contribution in [0.3, 0.4) is 0 Å². The second-order valence-electron chi connectivity index (χ2n) is 4.69. The van der Waals surface area contributed by atoms with Crippen LogP contribution in [-0.4, -0.2) is 10.8 Å². The molecule has 0 unspecified atom stereocenters. The Morgan fingerprint density at radius 1 is 1.47 bits per heavy atom. The molecule has 1 aromatic carbocycles. The first-order valence-corrected chi connectivity index (χ1v) is 7.06. The summed E-state index contributed by atoms with van der Waals surface area (Å²) in [6.45, 7) is 0. The maximum Gasteiger partial charge on any atom is 0.306 e. The fourth-order valence-electron chi connectivity index (χ4n) is 2.88. The van der Waals surface area contributed by atoms with E-state index in [4.69, 9.17) is 16.3 Å². The van der Waals surface area contributed by atoms with Gasteiger partial charge < -0.3 is 4.74 Å². The highest BCUT2D eigenvalue weighted by Crippen LogP contribution is 2.49. The number of alkyl halides is 1. The van der Waals surface area contributed by atoms with E-state index >= 15 is 0 Å². The molecule has 3 rings (SSSR count). The van der Waals surface area contributed by atoms with Gasteiger partial charge in [0.25, 0.3) is 0 Å². The Bertz CT molecular complexity index is 488. The molecule has 0 bridgehead atoms. The van der Waals surface area contributed by atoms with E-state index in [-0.39, 0.29) is 10.8 Å². The van der Waals surface area contributed by atoms with Crippen molar-refractivity contribution in [3.8, 4) is 0 Å². The number of fused-ring (bicyclic) bond motifs is 2. The van der Waals surface area contributed by atoms with Crippen LogP contribution in [0.1, 0.15) is 30.4 Å². The molecule has 1 aromatic rings. The minimum atomic E-state index is -0.463. The van der Waals surface area contributed by atoms with E-state index in [9.17, 15) is 4.79 Å². The molecule has 0 radical (unpaired) electrons. The molecule has 1 heterocycles. The number of carbonyl (C=O) groups is 1. The smallest absolute Gasteiger partial charge is 0.306 e. The molecule has 17 heavy (non-hydrogen) atoms. The van der Waals surface area contributed by atoms with Crippen molar-refractivity contribution < 1.29 is 9.53 Å². The number of halogens is 2. The van der Waals surface area contributed by atoms with Gasteiger partial charge in [-0.1, -0.05) is 33.6 Å². The van der Waals surface area contributed by atoms with Gasteiger partial charge >= 0.3 is 5.97 Å². The summed E-state index contributed by atoms with van der Waals surface area (Å²) in [5.41, 5.74) is 1.85. The Labute approximate surface area is 113 Å². The minimum absolute atomic E-state index is 0.0940. The van der Waals surface area contributed by atoms with Gasteiger partial charge in [-0.2, -0.15) is 0 Å². The van der Waals surface area contributed by atoms with Crippen LogP contribution < -0.4 is 0 Å². The Morgan fingerprint density at radius 3 is 3.06 bits per heavy atom. The van der Waals surface area contributed by atoms with Gasteiger partial charge in [0, 0.05) is 11.4 Å². The van der Waals surface area contributed by atoms with Crippen LogP contribution in [0.2, 0.25) is 5.02 Å². The summed E-state index contributed by atoms with van der Waals surface area (Å²) in [4.78, 5) is 11.7. The Morgan fingerprint density at radius 2 is 2.29 bits per heavy atom. The molecule has 1 fully saturated rings. The molecule has 1 aliphatic heterocycles. The van der Waals surface area contributed by atoms with E-state index in [1.807, 2.05) is 18.2 Å². The summed E-state index contributed by atoms with van der Waals surface area (Å²) < 4.78 is 5.68. The van der Waals surface area contributed by atoms with Gasteiger partial charge in [-0.25, -0.2) is 0 Å². The monoisotopic (exact) mass is 314 g/mol. The summed E-state index contributed by atoms with van der Waals surface area (Å²) in [6.07, 6.45) is 3.18. The second kappa shape index (κ2) is 3.99. The predicted octanol–water partition coefficient (Wildman–Crippen LogP) is 3.58. The number of benzene rings is 1. The van der Waals surface area contributed by atoms with Crippen molar-refractivity contribution in [3.05, 3.63) is 34.3 Å². The maximum absolute atomic E-state index is 11.6. The maximum atomic E-state index is 11.6. The number of carbonyl (C=O) groups excluding carboxylic acids is 1. The van der Waals surface area contributed by atoms with Crippen LogP contribution in [0, 0.1) is 0 Å². The average molecular weight is 316 g/mol. The molecule has 4 heteroatoms. The molecular formula is C13H12BrClO2. The van der Waals surface area contributed by atoms with Crippen molar-refractivity contribution in [3.63, 3.8) is 0 Å². The Balaban J connectivity index is 2.09. The minimum Gasteiger partial charge on any atom is -0.453 e. The molecule has 90 valence electrons. The molecule has 2 atom stereocenters. The zero-order valence-corrected chi connectivity index (χ0v) is 11.6. The zero-order valence-electron chi connectivity index (χ0n) is 9.21. The van der Waals surface area contributed by atoms with E-state index in [0.29, 0.717) is 6.42 Å². The highest BCUT2D eigenvalue weighted by Gasteiger charge is 2.50. The topological polar surface area (TPSA) is 26.3 Å². The molecule has 1 spiro atoms. The van der Waals surface area contributed by atoms with Crippen molar-refractivity contribution in [1.82, 2.24) is 0 Å². The highest BCUT2D eigenvalue weighted by molar-refractivity contribution is 9.09. The zero-order chi connectivity index (χ0) is 12.0. The number of esters is 1. The second-order valence-corrected chi connectivity index (χ2v) is 6.23. The first-order valence-electron chi connectivity index (χ1n) is 5.77. The highest BCUT2D eigenvalue weighted by atomic mass is 79.9. The summed E-state index contributed by atoms with van der Waals surface area (Å²) in [5, 5.41) is 0.739. The summed E-state index contributed by atoms with van der Waals surface area (Å²) in [6, 6.07) is 5.84. The van der Waals surface area contributed by atoms with E-state index < -0.39 is 5.60 Å². The molecule has 0 amide bonds. The quantitative estimate of drug-likeness (QED) is 0.540. The van der Waals surface area contributed by atoms with E-state index in [2.05, 4.69) is 15.9 Å². The van der Waals surface area contributed by atoms with Crippen molar-refractivity contribution in [2.45, 2.75) is 36.1 Å². The van der Waals surface area contributed by atoms with Gasteiger partial charge in [0.1, 0.15) is 0 Å². The van der Waals surface area contributed by atoms with Gasteiger partial charge in [0.15, 0.2) is 5.60 Å². The molecule has 2 nitrogen and oxygen atoms in total. The number of hydrogen-bond acceptors (Lipinski definition) is 2. The molecule has 0 saturated carbocycles. The van der Waals surface area contributed by atoms with Crippen molar-refractivity contribution in [1.29, 1.82) is 0 Å². The SMILES string of the molecule is O=C1CCC[C@]2(O1)c1ccc(Cl)cc1C[C@@H]2Br. The largest absolute Gasteiger partial charge is 0.453 e. The summed E-state index contributed by atoms with van der Waals surface area (Å²) >= 11 is 9.67. The number of hydrogen-bond donors (Lipinski definition) is 0. The van der Waals surface area contributed by atoms with Crippen molar-refractivity contribution in [2.75, 3.05) is 0 Å². The van der Waals surface area contributed by atoms with E-state index in [1.165, 1.54) is 5.56 Å². The molecule has 0 N–H and O–H groups in total. The normalized spacial score (nSPS) is 31.4. The third kappa shape index (κ3) is 1.71. The molecule has 2 aliphatic rings. The lowest BCUT2D eigenvalue weighted by atomic mass is 9.88. The summed E-state index contributed by atoms with van der Waals surface area (Å²) in [7, 11) is 0. The molecule has 0 aromatic heterocycles. The standard InChI is InChI=1S/C13H12BrClO2/c14-11-7-8-6-9(15)3-4-10(8)13(11)5-1-2-12(16)17-13/h3-4,6,11H,1-2,5,7H2/t11-,13-/m0/s1.